The summed E-state index contributed by atoms with van der Waals surface area (Å²) in [6.07, 6.45) is 1.23. The van der Waals surface area contributed by atoms with Crippen LogP contribution in [0, 0.1) is 18.7 Å². The van der Waals surface area contributed by atoms with Crippen molar-refractivity contribution in [3.8, 4) is 0 Å². The number of hydrogen-bond donors (Lipinski definition) is 1. The number of carbonyl (C=O) groups is 1. The predicted molar refractivity (Wildman–Crippen MR) is 112 cm³/mol. The molecule has 0 unspecified atom stereocenters. The van der Waals surface area contributed by atoms with E-state index in [2.05, 4.69) is 19.2 Å². The van der Waals surface area contributed by atoms with E-state index < -0.39 is 21.8 Å². The third-order valence-corrected chi connectivity index (χ3v) is 7.26. The molecular weight excluding hydrogens is 391 g/mol. The standard InChI is InChI=1S/C22H27FN2O3S/c1-15(2)20-8-4-6-16(3)21(20)24-22(26)17-7-5-13-25(14-17)29(27,28)19-11-9-18(23)10-12-19/h4,6,8-12,15,17H,5,7,13-14H2,1-3H3,(H,24,26)/t17-/m1/s1. The highest BCUT2D eigenvalue weighted by Gasteiger charge is 2.33. The Morgan fingerprint density at radius 3 is 2.52 bits per heavy atom. The molecule has 0 aromatic heterocycles. The first-order valence-electron chi connectivity index (χ1n) is 9.86. The molecule has 7 heteroatoms. The molecule has 3 rings (SSSR count). The van der Waals surface area contributed by atoms with E-state index in [-0.39, 0.29) is 23.3 Å². The number of piperidine rings is 1. The molecule has 1 aliphatic rings. The van der Waals surface area contributed by atoms with Crippen LogP contribution < -0.4 is 5.32 Å². The Morgan fingerprint density at radius 1 is 1.17 bits per heavy atom. The predicted octanol–water partition coefficient (Wildman–Crippen LogP) is 4.30. The van der Waals surface area contributed by atoms with Crippen LogP contribution in [0.1, 0.15) is 43.7 Å². The molecule has 1 saturated heterocycles. The third-order valence-electron chi connectivity index (χ3n) is 5.38. The number of halogens is 1. The summed E-state index contributed by atoms with van der Waals surface area (Å²) in [5.74, 6) is -0.829. The van der Waals surface area contributed by atoms with Crippen LogP contribution in [0.15, 0.2) is 47.4 Å². The van der Waals surface area contributed by atoms with Gasteiger partial charge in [0.15, 0.2) is 0 Å². The lowest BCUT2D eigenvalue weighted by molar-refractivity contribution is -0.120. The van der Waals surface area contributed by atoms with Gasteiger partial charge in [0, 0.05) is 18.8 Å². The van der Waals surface area contributed by atoms with E-state index in [1.807, 2.05) is 25.1 Å². The number of rotatable bonds is 5. The minimum Gasteiger partial charge on any atom is -0.325 e. The minimum atomic E-state index is -3.76. The molecule has 0 bridgehead atoms. The molecule has 0 aliphatic carbocycles. The summed E-state index contributed by atoms with van der Waals surface area (Å²) in [5.41, 5.74) is 2.85. The number of nitrogens with one attached hydrogen (secondary N) is 1. The van der Waals surface area contributed by atoms with Crippen molar-refractivity contribution in [1.82, 2.24) is 4.31 Å². The van der Waals surface area contributed by atoms with Crippen molar-refractivity contribution in [3.05, 3.63) is 59.4 Å². The first kappa shape index (κ1) is 21.5. The second kappa shape index (κ2) is 8.63. The van der Waals surface area contributed by atoms with Gasteiger partial charge in [0.05, 0.1) is 10.8 Å². The van der Waals surface area contributed by atoms with E-state index in [1.54, 1.807) is 0 Å². The molecule has 2 aromatic carbocycles. The van der Waals surface area contributed by atoms with Gasteiger partial charge in [-0.3, -0.25) is 4.79 Å². The van der Waals surface area contributed by atoms with Gasteiger partial charge in [0.25, 0.3) is 0 Å². The summed E-state index contributed by atoms with van der Waals surface area (Å²) in [6, 6.07) is 10.7. The number of aryl methyl sites for hydroxylation is 1. The van der Waals surface area contributed by atoms with E-state index in [1.165, 1.54) is 16.4 Å². The Balaban J connectivity index is 1.78. The van der Waals surface area contributed by atoms with Crippen molar-refractivity contribution < 1.29 is 17.6 Å². The van der Waals surface area contributed by atoms with E-state index in [9.17, 15) is 17.6 Å². The highest BCUT2D eigenvalue weighted by molar-refractivity contribution is 7.89. The van der Waals surface area contributed by atoms with Gasteiger partial charge in [-0.05, 0) is 61.1 Å². The van der Waals surface area contributed by atoms with Crippen molar-refractivity contribution in [2.45, 2.75) is 44.4 Å². The number of anilines is 1. The maximum Gasteiger partial charge on any atom is 0.243 e. The Morgan fingerprint density at radius 2 is 1.86 bits per heavy atom. The summed E-state index contributed by atoms with van der Waals surface area (Å²) >= 11 is 0. The highest BCUT2D eigenvalue weighted by atomic mass is 32.2. The number of para-hydroxylation sites is 1. The zero-order valence-electron chi connectivity index (χ0n) is 17.0. The second-order valence-corrected chi connectivity index (χ2v) is 9.78. The summed E-state index contributed by atoms with van der Waals surface area (Å²) in [7, 11) is -3.76. The maximum absolute atomic E-state index is 13.2. The number of amides is 1. The molecular formula is C22H27FN2O3S. The average Bonchev–Trinajstić information content (AvgIpc) is 2.69. The molecule has 5 nitrogen and oxygen atoms in total. The molecule has 1 heterocycles. The van der Waals surface area contributed by atoms with Gasteiger partial charge < -0.3 is 5.32 Å². The molecule has 1 N–H and O–H groups in total. The van der Waals surface area contributed by atoms with Crippen molar-refractivity contribution >= 4 is 21.6 Å². The van der Waals surface area contributed by atoms with Crippen molar-refractivity contribution in [1.29, 1.82) is 0 Å². The van der Waals surface area contributed by atoms with Gasteiger partial charge in [-0.1, -0.05) is 32.0 Å². The summed E-state index contributed by atoms with van der Waals surface area (Å²) in [4.78, 5) is 13.0. The SMILES string of the molecule is Cc1cccc(C(C)C)c1NC(=O)[C@@H]1CCCN(S(=O)(=O)c2ccc(F)cc2)C1. The number of carbonyl (C=O) groups excluding carboxylic acids is 1. The molecule has 29 heavy (non-hydrogen) atoms. The molecule has 0 radical (unpaired) electrons. The zero-order valence-corrected chi connectivity index (χ0v) is 17.8. The second-order valence-electron chi connectivity index (χ2n) is 7.84. The monoisotopic (exact) mass is 418 g/mol. The smallest absolute Gasteiger partial charge is 0.243 e. The quantitative estimate of drug-likeness (QED) is 0.787. The van der Waals surface area contributed by atoms with E-state index in [4.69, 9.17) is 0 Å². The molecule has 1 atom stereocenters. The normalized spacial score (nSPS) is 18.0. The van der Waals surface area contributed by atoms with Crippen molar-refractivity contribution in [3.63, 3.8) is 0 Å². The van der Waals surface area contributed by atoms with E-state index in [0.717, 1.165) is 28.9 Å². The number of benzene rings is 2. The lowest BCUT2D eigenvalue weighted by Crippen LogP contribution is -2.43. The lowest BCUT2D eigenvalue weighted by Gasteiger charge is -2.31. The Kier molecular flexibility index (Phi) is 6.39. The third kappa shape index (κ3) is 4.67. The fraction of sp³-hybridized carbons (Fsp3) is 0.409. The molecule has 156 valence electrons. The molecule has 2 aromatic rings. The van der Waals surface area contributed by atoms with Crippen LogP contribution in [0.25, 0.3) is 0 Å². The zero-order chi connectivity index (χ0) is 21.2. The maximum atomic E-state index is 13.2. The Hall–Kier alpha value is -2.25. The van der Waals surface area contributed by atoms with Gasteiger partial charge in [-0.15, -0.1) is 0 Å². The van der Waals surface area contributed by atoms with Crippen molar-refractivity contribution in [2.24, 2.45) is 5.92 Å². The Bertz CT molecular complexity index is 988. The number of nitrogens with zero attached hydrogens (tertiary/aromatic N) is 1. The van der Waals surface area contributed by atoms with Gasteiger partial charge in [0.2, 0.25) is 15.9 Å². The molecule has 0 spiro atoms. The van der Waals surface area contributed by atoms with Crippen LogP contribution in [0.5, 0.6) is 0 Å². The summed E-state index contributed by atoms with van der Waals surface area (Å²) in [6.45, 7) is 6.57. The molecule has 0 saturated carbocycles. The lowest BCUT2D eigenvalue weighted by atomic mass is 9.95. The van der Waals surface area contributed by atoms with Crippen LogP contribution in [-0.4, -0.2) is 31.7 Å². The first-order chi connectivity index (χ1) is 13.7. The van der Waals surface area contributed by atoms with Crippen LogP contribution >= 0.6 is 0 Å². The fourth-order valence-corrected chi connectivity index (χ4v) is 5.22. The topological polar surface area (TPSA) is 66.5 Å². The largest absolute Gasteiger partial charge is 0.325 e. The van der Waals surface area contributed by atoms with Crippen LogP contribution in [-0.2, 0) is 14.8 Å². The van der Waals surface area contributed by atoms with Crippen LogP contribution in [0.3, 0.4) is 0 Å². The van der Waals surface area contributed by atoms with Gasteiger partial charge in [-0.2, -0.15) is 4.31 Å². The molecule has 1 amide bonds. The number of hydrogen-bond acceptors (Lipinski definition) is 3. The number of sulfonamides is 1. The van der Waals surface area contributed by atoms with Crippen molar-refractivity contribution in [2.75, 3.05) is 18.4 Å². The van der Waals surface area contributed by atoms with Gasteiger partial charge in [-0.25, -0.2) is 12.8 Å². The van der Waals surface area contributed by atoms with E-state index >= 15 is 0 Å². The first-order valence-corrected chi connectivity index (χ1v) is 11.3. The van der Waals surface area contributed by atoms with Crippen LogP contribution in [0.2, 0.25) is 0 Å². The van der Waals surface area contributed by atoms with Crippen LogP contribution in [0.4, 0.5) is 10.1 Å². The van der Waals surface area contributed by atoms with E-state index in [0.29, 0.717) is 19.4 Å². The summed E-state index contributed by atoms with van der Waals surface area (Å²) in [5, 5.41) is 3.04. The minimum absolute atomic E-state index is 0.0426. The fourth-order valence-electron chi connectivity index (χ4n) is 3.70. The molecule has 1 aliphatic heterocycles. The van der Waals surface area contributed by atoms with Gasteiger partial charge >= 0.3 is 0 Å². The highest BCUT2D eigenvalue weighted by Crippen LogP contribution is 2.30. The average molecular weight is 419 g/mol. The molecule has 1 fully saturated rings. The van der Waals surface area contributed by atoms with Gasteiger partial charge in [0.1, 0.15) is 5.82 Å². The summed E-state index contributed by atoms with van der Waals surface area (Å²) < 4.78 is 40.3. The Labute approximate surface area is 172 Å².